The molecular weight excluding hydrogens is 869 g/mol. The Labute approximate surface area is 419 Å². The Hall–Kier alpha value is -9.50. The second-order valence-electron chi connectivity index (χ2n) is 18.7. The number of benzene rings is 13. The summed E-state index contributed by atoms with van der Waals surface area (Å²) in [6.07, 6.45) is 0. The van der Waals surface area contributed by atoms with Crippen LogP contribution >= 0.6 is 0 Å². The van der Waals surface area contributed by atoms with Crippen LogP contribution in [0, 0.1) is 0 Å². The van der Waals surface area contributed by atoms with Crippen LogP contribution in [-0.4, -0.2) is 0 Å². The number of hydrogen-bond donors (Lipinski definition) is 0. The standard InChI is InChI=1S/C70H46N2/c1-7-23-48(24-8-1)65-56-43-41-50(45-62(56)66(49-25-9-2-10-26-49)68-61-40-22-28-47-27-21-39-60(64(47)61)67(65)68)51-42-44-59-63(46-51)70(72(54-33-15-5-16-34-54)55-35-17-6-18-36-55)58-38-20-19-37-57(58)69(59)71(52-29-11-3-12-30-52)53-31-13-4-14-32-53/h1-46H. The number of hydrogen-bond acceptors (Lipinski definition) is 2. The maximum absolute atomic E-state index is 2.47. The van der Waals surface area contributed by atoms with E-state index in [9.17, 15) is 0 Å². The maximum Gasteiger partial charge on any atom is 0.0620 e. The Morgan fingerprint density at radius 2 is 0.556 bits per heavy atom. The number of rotatable bonds is 9. The summed E-state index contributed by atoms with van der Waals surface area (Å²) in [7, 11) is 0. The van der Waals surface area contributed by atoms with E-state index in [0.717, 1.165) is 66.8 Å². The summed E-state index contributed by atoms with van der Waals surface area (Å²) >= 11 is 0. The lowest BCUT2D eigenvalue weighted by Crippen LogP contribution is -2.14. The molecule has 0 saturated carbocycles. The van der Waals surface area contributed by atoms with Crippen molar-refractivity contribution in [1.82, 2.24) is 0 Å². The largest absolute Gasteiger partial charge is 0.309 e. The van der Waals surface area contributed by atoms with Gasteiger partial charge >= 0.3 is 0 Å². The normalized spacial score (nSPS) is 11.6. The van der Waals surface area contributed by atoms with Gasteiger partial charge in [0.15, 0.2) is 0 Å². The van der Waals surface area contributed by atoms with Crippen LogP contribution in [0.5, 0.6) is 0 Å². The molecule has 0 fully saturated rings. The number of anilines is 6. The highest BCUT2D eigenvalue weighted by molar-refractivity contribution is 6.28. The molecule has 0 heterocycles. The van der Waals surface area contributed by atoms with Gasteiger partial charge in [-0.1, -0.05) is 218 Å². The van der Waals surface area contributed by atoms with Gasteiger partial charge in [-0.2, -0.15) is 0 Å². The average Bonchev–Trinajstić information content (AvgIpc) is 3.79. The second-order valence-corrected chi connectivity index (χ2v) is 18.7. The lowest BCUT2D eigenvalue weighted by molar-refractivity contribution is 1.29. The van der Waals surface area contributed by atoms with E-state index in [2.05, 4.69) is 289 Å². The van der Waals surface area contributed by atoms with Crippen molar-refractivity contribution in [3.8, 4) is 55.6 Å². The summed E-state index contributed by atoms with van der Waals surface area (Å²) in [6, 6.07) is 102. The van der Waals surface area contributed by atoms with Crippen LogP contribution in [0.25, 0.3) is 98.7 Å². The fourth-order valence-electron chi connectivity index (χ4n) is 11.7. The zero-order valence-corrected chi connectivity index (χ0v) is 39.5. The van der Waals surface area contributed by atoms with Gasteiger partial charge in [-0.05, 0) is 138 Å². The zero-order valence-electron chi connectivity index (χ0n) is 39.5. The summed E-state index contributed by atoms with van der Waals surface area (Å²) in [5.41, 5.74) is 19.1. The van der Waals surface area contributed by atoms with Crippen molar-refractivity contribution >= 4 is 77.2 Å². The van der Waals surface area contributed by atoms with E-state index in [1.165, 1.54) is 66.1 Å². The lowest BCUT2D eigenvalue weighted by atomic mass is 9.81. The quantitative estimate of drug-likeness (QED) is 0.105. The van der Waals surface area contributed by atoms with Crippen molar-refractivity contribution < 1.29 is 0 Å². The molecule has 13 aromatic rings. The van der Waals surface area contributed by atoms with Crippen molar-refractivity contribution in [2.75, 3.05) is 9.80 Å². The fraction of sp³-hybridized carbons (Fsp3) is 0. The highest BCUT2D eigenvalue weighted by Gasteiger charge is 2.31. The summed E-state index contributed by atoms with van der Waals surface area (Å²) in [5.74, 6) is 0. The van der Waals surface area contributed by atoms with Crippen molar-refractivity contribution in [3.05, 3.63) is 279 Å². The third kappa shape index (κ3) is 6.65. The van der Waals surface area contributed by atoms with Crippen LogP contribution in [-0.2, 0) is 0 Å². The topological polar surface area (TPSA) is 6.48 Å². The summed E-state index contributed by atoms with van der Waals surface area (Å²) in [5, 5.41) is 9.68. The Balaban J connectivity index is 1.10. The Morgan fingerprint density at radius 3 is 1.00 bits per heavy atom. The van der Waals surface area contributed by atoms with Crippen LogP contribution in [0.3, 0.4) is 0 Å². The first-order chi connectivity index (χ1) is 35.8. The summed E-state index contributed by atoms with van der Waals surface area (Å²) in [4.78, 5) is 4.89. The van der Waals surface area contributed by atoms with Crippen LogP contribution in [0.15, 0.2) is 279 Å². The fourth-order valence-corrected chi connectivity index (χ4v) is 11.7. The molecule has 0 amide bonds. The van der Waals surface area contributed by atoms with Crippen LogP contribution < -0.4 is 9.80 Å². The molecule has 1 aliphatic carbocycles. The van der Waals surface area contributed by atoms with Crippen molar-refractivity contribution in [2.24, 2.45) is 0 Å². The van der Waals surface area contributed by atoms with Crippen molar-refractivity contribution in [2.45, 2.75) is 0 Å². The van der Waals surface area contributed by atoms with Crippen LogP contribution in [0.1, 0.15) is 0 Å². The third-order valence-corrected chi connectivity index (χ3v) is 14.7. The predicted molar refractivity (Wildman–Crippen MR) is 307 cm³/mol. The van der Waals surface area contributed by atoms with E-state index in [-0.39, 0.29) is 0 Å². The predicted octanol–water partition coefficient (Wildman–Crippen LogP) is 19.9. The van der Waals surface area contributed by atoms with Gasteiger partial charge in [-0.3, -0.25) is 0 Å². The monoisotopic (exact) mass is 914 g/mol. The van der Waals surface area contributed by atoms with Crippen LogP contribution in [0.4, 0.5) is 34.1 Å². The number of nitrogens with zero attached hydrogens (tertiary/aromatic N) is 2. The van der Waals surface area contributed by atoms with E-state index in [4.69, 9.17) is 0 Å². The molecule has 13 aromatic carbocycles. The zero-order chi connectivity index (χ0) is 47.5. The Kier molecular flexibility index (Phi) is 9.89. The molecule has 0 saturated heterocycles. The SMILES string of the molecule is c1ccc(-c2c3c(c(-c4ccccc4)c4cc(-c5ccc6c(N(c7ccccc7)c7ccccc7)c7ccccc7c(N(c7ccccc7)c7ccccc7)c6c5)ccc24)-c2cccc4cccc-3c24)cc1. The van der Waals surface area contributed by atoms with Gasteiger partial charge in [0.1, 0.15) is 0 Å². The van der Waals surface area contributed by atoms with Gasteiger partial charge in [0.05, 0.1) is 11.4 Å². The maximum atomic E-state index is 2.47. The van der Waals surface area contributed by atoms with E-state index >= 15 is 0 Å². The molecule has 0 spiro atoms. The minimum Gasteiger partial charge on any atom is -0.309 e. The molecule has 14 rings (SSSR count). The van der Waals surface area contributed by atoms with Crippen molar-refractivity contribution in [1.29, 1.82) is 0 Å². The third-order valence-electron chi connectivity index (χ3n) is 14.7. The van der Waals surface area contributed by atoms with Gasteiger partial charge in [0.25, 0.3) is 0 Å². The van der Waals surface area contributed by atoms with Gasteiger partial charge in [-0.15, -0.1) is 0 Å². The summed E-state index contributed by atoms with van der Waals surface area (Å²) in [6.45, 7) is 0. The first-order valence-corrected chi connectivity index (χ1v) is 24.8. The lowest BCUT2D eigenvalue weighted by Gasteiger charge is -2.33. The van der Waals surface area contributed by atoms with E-state index in [0.29, 0.717) is 0 Å². The molecule has 2 heteroatoms. The Morgan fingerprint density at radius 1 is 0.208 bits per heavy atom. The van der Waals surface area contributed by atoms with Crippen molar-refractivity contribution in [3.63, 3.8) is 0 Å². The second kappa shape index (κ2) is 17.2. The molecule has 0 aromatic heterocycles. The molecule has 0 N–H and O–H groups in total. The molecule has 1 aliphatic rings. The number of fused-ring (bicyclic) bond motifs is 6. The van der Waals surface area contributed by atoms with Gasteiger partial charge in [-0.25, -0.2) is 0 Å². The molecule has 0 atom stereocenters. The average molecular weight is 915 g/mol. The molecule has 0 bridgehead atoms. The van der Waals surface area contributed by atoms with Crippen LogP contribution in [0.2, 0.25) is 0 Å². The highest BCUT2D eigenvalue weighted by atomic mass is 15.2. The number of para-hydroxylation sites is 4. The smallest absolute Gasteiger partial charge is 0.0620 e. The molecule has 2 nitrogen and oxygen atoms in total. The Bertz CT molecular complexity index is 4090. The molecule has 72 heavy (non-hydrogen) atoms. The summed E-state index contributed by atoms with van der Waals surface area (Å²) < 4.78 is 0. The highest BCUT2D eigenvalue weighted by Crippen LogP contribution is 2.58. The van der Waals surface area contributed by atoms with Gasteiger partial charge < -0.3 is 9.80 Å². The first-order valence-electron chi connectivity index (χ1n) is 24.8. The van der Waals surface area contributed by atoms with E-state index in [1.807, 2.05) is 0 Å². The molecule has 0 radical (unpaired) electrons. The first kappa shape index (κ1) is 41.5. The molecule has 336 valence electrons. The minimum atomic E-state index is 1.09. The molecular formula is C70H46N2. The van der Waals surface area contributed by atoms with Gasteiger partial charge in [0.2, 0.25) is 0 Å². The minimum absolute atomic E-state index is 1.09. The van der Waals surface area contributed by atoms with Gasteiger partial charge in [0, 0.05) is 44.3 Å². The molecule has 0 unspecified atom stereocenters. The van der Waals surface area contributed by atoms with E-state index in [1.54, 1.807) is 0 Å². The molecule has 0 aliphatic heterocycles. The van der Waals surface area contributed by atoms with E-state index < -0.39 is 0 Å².